The first-order chi connectivity index (χ1) is 9.28. The Hall–Kier alpha value is -0.930. The Balaban J connectivity index is 5.01. The number of rotatable bonds is 10. The number of ether oxygens (including phenoxy) is 1. The van der Waals surface area contributed by atoms with Gasteiger partial charge in [-0.2, -0.15) is 0 Å². The maximum Gasteiger partial charge on any atom is 0.162 e. The van der Waals surface area contributed by atoms with Gasteiger partial charge in [0.25, 0.3) is 0 Å². The number of halogens is 2. The number of allylic oxidation sites excluding steroid dienone is 2. The highest BCUT2D eigenvalue weighted by Crippen LogP contribution is 2.29. The van der Waals surface area contributed by atoms with Crippen LogP contribution in [-0.4, -0.2) is 25.2 Å². The fourth-order valence-electron chi connectivity index (χ4n) is 2.31. The molecule has 0 aliphatic rings. The number of ketones is 1. The molecule has 2 unspecified atom stereocenters. The third kappa shape index (κ3) is 7.01. The predicted octanol–water partition coefficient (Wildman–Crippen LogP) is 4.64. The van der Waals surface area contributed by atoms with Crippen molar-refractivity contribution in [3.8, 4) is 0 Å². The fourth-order valence-corrected chi connectivity index (χ4v) is 2.31. The van der Waals surface area contributed by atoms with Crippen molar-refractivity contribution in [3.63, 3.8) is 0 Å². The highest BCUT2D eigenvalue weighted by molar-refractivity contribution is 5.92. The molecule has 0 heterocycles. The minimum Gasteiger partial charge on any atom is -0.501 e. The van der Waals surface area contributed by atoms with Crippen LogP contribution in [0.5, 0.6) is 0 Å². The third-order valence-corrected chi connectivity index (χ3v) is 3.50. The van der Waals surface area contributed by atoms with Crippen molar-refractivity contribution in [2.75, 3.05) is 13.8 Å². The number of carbonyl (C=O) groups excluding carboxylic acids is 1. The van der Waals surface area contributed by atoms with E-state index in [4.69, 9.17) is 4.74 Å². The van der Waals surface area contributed by atoms with Crippen LogP contribution in [0.25, 0.3) is 0 Å². The summed E-state index contributed by atoms with van der Waals surface area (Å²) in [4.78, 5) is 12.1. The Morgan fingerprint density at radius 1 is 1.25 bits per heavy atom. The molecule has 0 rings (SSSR count). The van der Waals surface area contributed by atoms with Gasteiger partial charge in [-0.05, 0) is 39.5 Å². The summed E-state index contributed by atoms with van der Waals surface area (Å²) in [6, 6.07) is 0. The number of hydrogen-bond acceptors (Lipinski definition) is 2. The SMILES string of the molecule is CCC(CCF)C(=O)/C=C(\OC)C(CC)CC(C)(C)F. The van der Waals surface area contributed by atoms with Crippen LogP contribution in [0.1, 0.15) is 53.4 Å². The van der Waals surface area contributed by atoms with Gasteiger partial charge in [0.2, 0.25) is 0 Å². The molecule has 2 atom stereocenters. The van der Waals surface area contributed by atoms with E-state index < -0.39 is 12.3 Å². The molecule has 0 spiro atoms. The fraction of sp³-hybridized carbons (Fsp3) is 0.812. The Bertz CT molecular complexity index is 319. The average Bonchev–Trinajstić information content (AvgIpc) is 2.38. The van der Waals surface area contributed by atoms with Gasteiger partial charge in [0.15, 0.2) is 5.78 Å². The number of alkyl halides is 2. The quantitative estimate of drug-likeness (QED) is 0.433. The molecule has 118 valence electrons. The number of methoxy groups -OCH3 is 1. The maximum absolute atomic E-state index is 13.8. The van der Waals surface area contributed by atoms with E-state index in [0.29, 0.717) is 25.0 Å². The van der Waals surface area contributed by atoms with E-state index in [2.05, 4.69) is 0 Å². The second-order valence-corrected chi connectivity index (χ2v) is 5.76. The second kappa shape index (κ2) is 9.09. The lowest BCUT2D eigenvalue weighted by molar-refractivity contribution is -0.118. The first kappa shape index (κ1) is 19.1. The molecule has 0 aliphatic heterocycles. The van der Waals surface area contributed by atoms with Gasteiger partial charge in [-0.25, -0.2) is 4.39 Å². The largest absolute Gasteiger partial charge is 0.501 e. The van der Waals surface area contributed by atoms with E-state index in [9.17, 15) is 13.6 Å². The lowest BCUT2D eigenvalue weighted by Gasteiger charge is -2.24. The Morgan fingerprint density at radius 3 is 2.15 bits per heavy atom. The molecule has 2 nitrogen and oxygen atoms in total. The van der Waals surface area contributed by atoms with Crippen LogP contribution in [0.15, 0.2) is 11.8 Å². The van der Waals surface area contributed by atoms with Gasteiger partial charge < -0.3 is 4.74 Å². The van der Waals surface area contributed by atoms with Gasteiger partial charge in [-0.15, -0.1) is 0 Å². The molecule has 0 bridgehead atoms. The summed E-state index contributed by atoms with van der Waals surface area (Å²) in [5.74, 6) is -0.0782. The van der Waals surface area contributed by atoms with E-state index in [-0.39, 0.29) is 24.0 Å². The first-order valence-corrected chi connectivity index (χ1v) is 7.33. The molecule has 0 saturated heterocycles. The molecule has 0 aliphatic carbocycles. The third-order valence-electron chi connectivity index (χ3n) is 3.50. The van der Waals surface area contributed by atoms with Gasteiger partial charge in [0, 0.05) is 17.9 Å². The van der Waals surface area contributed by atoms with Crippen molar-refractivity contribution in [2.24, 2.45) is 11.8 Å². The molecule has 0 N–H and O–H groups in total. The summed E-state index contributed by atoms with van der Waals surface area (Å²) < 4.78 is 31.5. The van der Waals surface area contributed by atoms with Crippen LogP contribution in [-0.2, 0) is 9.53 Å². The Morgan fingerprint density at radius 2 is 1.80 bits per heavy atom. The van der Waals surface area contributed by atoms with E-state index in [0.717, 1.165) is 0 Å². The molecule has 0 saturated carbocycles. The molecular formula is C16H28F2O2. The number of carbonyl (C=O) groups is 1. The minimum absolute atomic E-state index is 0.128. The Labute approximate surface area is 121 Å². The molecule has 0 amide bonds. The number of hydrogen-bond donors (Lipinski definition) is 0. The average molecular weight is 290 g/mol. The summed E-state index contributed by atoms with van der Waals surface area (Å²) in [5.41, 5.74) is -1.32. The molecule has 0 aromatic carbocycles. The molecule has 0 aromatic heterocycles. The zero-order valence-electron chi connectivity index (χ0n) is 13.3. The van der Waals surface area contributed by atoms with E-state index in [1.165, 1.54) is 27.0 Å². The van der Waals surface area contributed by atoms with Crippen LogP contribution in [0.4, 0.5) is 8.78 Å². The Kier molecular flexibility index (Phi) is 8.67. The van der Waals surface area contributed by atoms with Crippen molar-refractivity contribution >= 4 is 5.78 Å². The maximum atomic E-state index is 13.8. The van der Waals surface area contributed by atoms with Gasteiger partial charge in [0.05, 0.1) is 13.8 Å². The van der Waals surface area contributed by atoms with Crippen LogP contribution in [0.2, 0.25) is 0 Å². The monoisotopic (exact) mass is 290 g/mol. The van der Waals surface area contributed by atoms with Crippen LogP contribution in [0.3, 0.4) is 0 Å². The van der Waals surface area contributed by atoms with E-state index in [1.54, 1.807) is 0 Å². The van der Waals surface area contributed by atoms with Gasteiger partial charge in [-0.3, -0.25) is 9.18 Å². The zero-order valence-corrected chi connectivity index (χ0v) is 13.3. The standard InChI is InChI=1S/C16H28F2O2/c1-6-12(8-9-17)14(19)10-15(20-5)13(7-2)11-16(3,4)18/h10,12-13H,6-9,11H2,1-5H3/b15-10-. The summed E-state index contributed by atoms with van der Waals surface area (Å²) in [6.45, 7) is 6.33. The van der Waals surface area contributed by atoms with E-state index >= 15 is 0 Å². The van der Waals surface area contributed by atoms with Crippen molar-refractivity contribution in [3.05, 3.63) is 11.8 Å². The van der Waals surface area contributed by atoms with E-state index in [1.807, 2.05) is 13.8 Å². The summed E-state index contributed by atoms with van der Waals surface area (Å²) in [6.07, 6.45) is 3.26. The minimum atomic E-state index is -1.32. The van der Waals surface area contributed by atoms with Crippen LogP contribution < -0.4 is 0 Å². The highest BCUT2D eigenvalue weighted by Gasteiger charge is 2.26. The smallest absolute Gasteiger partial charge is 0.162 e. The molecule has 0 aromatic rings. The highest BCUT2D eigenvalue weighted by atomic mass is 19.1. The van der Waals surface area contributed by atoms with Gasteiger partial charge in [-0.1, -0.05) is 13.8 Å². The normalized spacial score (nSPS) is 15.8. The summed E-state index contributed by atoms with van der Waals surface area (Å²) in [5, 5.41) is 0. The first-order valence-electron chi connectivity index (χ1n) is 7.33. The molecule has 0 fully saturated rings. The van der Waals surface area contributed by atoms with Gasteiger partial charge in [0.1, 0.15) is 11.4 Å². The summed E-state index contributed by atoms with van der Waals surface area (Å²) in [7, 11) is 1.49. The molecule has 4 heteroatoms. The lowest BCUT2D eigenvalue weighted by Crippen LogP contribution is -2.21. The van der Waals surface area contributed by atoms with Crippen molar-refractivity contribution < 1.29 is 18.3 Å². The van der Waals surface area contributed by atoms with Crippen molar-refractivity contribution in [2.45, 2.75) is 59.0 Å². The predicted molar refractivity (Wildman–Crippen MR) is 78.1 cm³/mol. The summed E-state index contributed by atoms with van der Waals surface area (Å²) >= 11 is 0. The second-order valence-electron chi connectivity index (χ2n) is 5.76. The topological polar surface area (TPSA) is 26.3 Å². The molecule has 20 heavy (non-hydrogen) atoms. The molecule has 0 radical (unpaired) electrons. The van der Waals surface area contributed by atoms with Crippen molar-refractivity contribution in [1.29, 1.82) is 0 Å². The molecular weight excluding hydrogens is 262 g/mol. The zero-order chi connectivity index (χ0) is 15.8. The van der Waals surface area contributed by atoms with Crippen molar-refractivity contribution in [1.82, 2.24) is 0 Å². The lowest BCUT2D eigenvalue weighted by atomic mass is 9.89. The van der Waals surface area contributed by atoms with Crippen LogP contribution >= 0.6 is 0 Å². The van der Waals surface area contributed by atoms with Gasteiger partial charge >= 0.3 is 0 Å². The van der Waals surface area contributed by atoms with Crippen LogP contribution in [0, 0.1) is 11.8 Å².